The molecule has 30 heavy (non-hydrogen) atoms. The Morgan fingerprint density at radius 3 is 2.43 bits per heavy atom. The van der Waals surface area contributed by atoms with E-state index in [1.54, 1.807) is 60.4 Å². The Morgan fingerprint density at radius 2 is 1.83 bits per heavy atom. The van der Waals surface area contributed by atoms with E-state index in [1.165, 1.54) is 6.07 Å². The molecule has 0 amide bonds. The van der Waals surface area contributed by atoms with Gasteiger partial charge in [0.05, 0.1) is 5.69 Å². The number of rotatable bonds is 4. The van der Waals surface area contributed by atoms with Crippen LogP contribution in [0.5, 0.6) is 0 Å². The Balaban J connectivity index is 1.92. The Bertz CT molecular complexity index is 1340. The maximum Gasteiger partial charge on any atom is 0.349 e. The number of aliphatic hydroxyl groups is 1. The molecule has 4 aromatic rings. The van der Waals surface area contributed by atoms with Crippen LogP contribution in [-0.2, 0) is 12.6 Å². The molecule has 8 nitrogen and oxygen atoms in total. The van der Waals surface area contributed by atoms with E-state index in [9.17, 15) is 14.7 Å². The second-order valence-corrected chi connectivity index (χ2v) is 7.44. The number of H-pyrrole nitrogens is 1. The van der Waals surface area contributed by atoms with Gasteiger partial charge in [-0.15, -0.1) is 0 Å². The molecule has 4 rings (SSSR count). The first-order valence-corrected chi connectivity index (χ1v) is 9.51. The molecule has 2 aromatic heterocycles. The summed E-state index contributed by atoms with van der Waals surface area (Å²) in [6.45, 7) is 0. The Hall–Kier alpha value is -3.20. The lowest BCUT2D eigenvalue weighted by Gasteiger charge is -2.30. The molecule has 0 fully saturated rings. The number of aromatic amines is 1. The zero-order chi connectivity index (χ0) is 21.5. The molecule has 152 valence electrons. The quantitative estimate of drug-likeness (QED) is 0.502. The molecular formula is C20H15Cl2N5O3. The minimum Gasteiger partial charge on any atom is -0.373 e. The predicted molar refractivity (Wildman–Crippen MR) is 112 cm³/mol. The topological polar surface area (TPSA) is 106 Å². The number of hydrogen-bond acceptors (Lipinski definition) is 5. The maximum absolute atomic E-state index is 12.0. The van der Waals surface area contributed by atoms with Crippen molar-refractivity contribution in [3.05, 3.63) is 109 Å². The van der Waals surface area contributed by atoms with Gasteiger partial charge in [0.25, 0.3) is 5.56 Å². The molecule has 1 unspecified atom stereocenters. The van der Waals surface area contributed by atoms with Crippen LogP contribution < -0.4 is 11.2 Å². The minimum atomic E-state index is -1.69. The fourth-order valence-corrected chi connectivity index (χ4v) is 3.71. The standard InChI is InChI=1S/C20H15Cl2N5O3/c1-26-9-8-23-18(26)20(30,12-2-4-13(21)5-3-12)15-7-6-14(10-16(15)22)27-19(29)25-17(28)11-24-27/h2-11,30H,1H3,(H,25,28,29). The lowest BCUT2D eigenvalue weighted by Crippen LogP contribution is -2.33. The van der Waals surface area contributed by atoms with Gasteiger partial charge in [0.1, 0.15) is 12.0 Å². The number of aryl methyl sites for hydroxylation is 1. The molecule has 10 heteroatoms. The van der Waals surface area contributed by atoms with Crippen LogP contribution in [0.25, 0.3) is 5.69 Å². The van der Waals surface area contributed by atoms with Crippen molar-refractivity contribution < 1.29 is 5.11 Å². The predicted octanol–water partition coefficient (Wildman–Crippen LogP) is 2.25. The number of imidazole rings is 1. The smallest absolute Gasteiger partial charge is 0.349 e. The number of nitrogens with one attached hydrogen (secondary N) is 1. The molecule has 0 aliphatic rings. The normalized spacial score (nSPS) is 13.2. The van der Waals surface area contributed by atoms with Crippen LogP contribution in [0.3, 0.4) is 0 Å². The van der Waals surface area contributed by atoms with Gasteiger partial charge in [0.15, 0.2) is 5.60 Å². The fraction of sp³-hybridized carbons (Fsp3) is 0.100. The van der Waals surface area contributed by atoms with Crippen molar-refractivity contribution in [3.63, 3.8) is 0 Å². The number of nitrogens with zero attached hydrogens (tertiary/aromatic N) is 4. The Kier molecular flexibility index (Phi) is 5.07. The van der Waals surface area contributed by atoms with E-state index in [0.717, 1.165) is 10.9 Å². The van der Waals surface area contributed by atoms with E-state index in [2.05, 4.69) is 15.1 Å². The van der Waals surface area contributed by atoms with Gasteiger partial charge in [-0.3, -0.25) is 9.78 Å². The first-order valence-electron chi connectivity index (χ1n) is 8.76. The minimum absolute atomic E-state index is 0.174. The van der Waals surface area contributed by atoms with E-state index >= 15 is 0 Å². The van der Waals surface area contributed by atoms with Crippen molar-refractivity contribution in [2.24, 2.45) is 7.05 Å². The highest BCUT2D eigenvalue weighted by molar-refractivity contribution is 6.31. The van der Waals surface area contributed by atoms with Crippen molar-refractivity contribution in [1.29, 1.82) is 0 Å². The largest absolute Gasteiger partial charge is 0.373 e. The van der Waals surface area contributed by atoms with Gasteiger partial charge in [0, 0.05) is 35.1 Å². The van der Waals surface area contributed by atoms with Crippen molar-refractivity contribution in [2.45, 2.75) is 5.60 Å². The zero-order valence-electron chi connectivity index (χ0n) is 15.6. The van der Waals surface area contributed by atoms with Crippen molar-refractivity contribution in [2.75, 3.05) is 0 Å². The van der Waals surface area contributed by atoms with E-state index in [-0.39, 0.29) is 5.02 Å². The van der Waals surface area contributed by atoms with E-state index in [4.69, 9.17) is 23.2 Å². The summed E-state index contributed by atoms with van der Waals surface area (Å²) in [6, 6.07) is 11.3. The number of hydrogen-bond donors (Lipinski definition) is 2. The van der Waals surface area contributed by atoms with Crippen molar-refractivity contribution >= 4 is 23.2 Å². The third kappa shape index (κ3) is 3.35. The molecule has 0 aliphatic heterocycles. The highest BCUT2D eigenvalue weighted by Gasteiger charge is 2.39. The average molecular weight is 444 g/mol. The third-order valence-electron chi connectivity index (χ3n) is 4.71. The number of benzene rings is 2. The SMILES string of the molecule is Cn1ccnc1C(O)(c1ccc(Cl)cc1)c1ccc(-n2ncc(=O)[nH]c2=O)cc1Cl. The van der Waals surface area contributed by atoms with Gasteiger partial charge >= 0.3 is 5.69 Å². The van der Waals surface area contributed by atoms with Crippen LogP contribution in [0.1, 0.15) is 17.0 Å². The van der Waals surface area contributed by atoms with Gasteiger partial charge < -0.3 is 9.67 Å². The van der Waals surface area contributed by atoms with Crippen molar-refractivity contribution in [1.82, 2.24) is 24.3 Å². The Morgan fingerprint density at radius 1 is 1.10 bits per heavy atom. The molecule has 0 radical (unpaired) electrons. The average Bonchev–Trinajstić information content (AvgIpc) is 3.14. The van der Waals surface area contributed by atoms with Gasteiger partial charge in [-0.1, -0.05) is 41.4 Å². The number of aromatic nitrogens is 5. The molecule has 2 aromatic carbocycles. The maximum atomic E-state index is 12.0. The van der Waals surface area contributed by atoms with Crippen LogP contribution in [0.4, 0.5) is 0 Å². The van der Waals surface area contributed by atoms with Gasteiger partial charge in [-0.25, -0.2) is 9.78 Å². The summed E-state index contributed by atoms with van der Waals surface area (Å²) >= 11 is 12.6. The highest BCUT2D eigenvalue weighted by Crippen LogP contribution is 2.40. The summed E-state index contributed by atoms with van der Waals surface area (Å²) in [7, 11) is 1.76. The Labute approximate surface area is 180 Å². The second kappa shape index (κ2) is 7.56. The first kappa shape index (κ1) is 20.1. The van der Waals surface area contributed by atoms with Gasteiger partial charge in [-0.2, -0.15) is 9.78 Å². The van der Waals surface area contributed by atoms with Gasteiger partial charge in [-0.05, 0) is 29.8 Å². The molecule has 0 saturated heterocycles. The van der Waals surface area contributed by atoms with E-state index in [1.807, 2.05) is 0 Å². The highest BCUT2D eigenvalue weighted by atomic mass is 35.5. The van der Waals surface area contributed by atoms with Crippen LogP contribution >= 0.6 is 23.2 Å². The summed E-state index contributed by atoms with van der Waals surface area (Å²) in [5.74, 6) is 0.346. The molecule has 0 aliphatic carbocycles. The van der Waals surface area contributed by atoms with Crippen LogP contribution in [-0.4, -0.2) is 29.4 Å². The monoisotopic (exact) mass is 443 g/mol. The summed E-state index contributed by atoms with van der Waals surface area (Å²) < 4.78 is 2.69. The van der Waals surface area contributed by atoms with Crippen molar-refractivity contribution in [3.8, 4) is 5.69 Å². The van der Waals surface area contributed by atoms with E-state index < -0.39 is 16.9 Å². The fourth-order valence-electron chi connectivity index (χ4n) is 3.28. The van der Waals surface area contributed by atoms with E-state index in [0.29, 0.717) is 27.7 Å². The summed E-state index contributed by atoms with van der Waals surface area (Å²) in [5.41, 5.74) is -1.82. The number of halogens is 2. The molecule has 0 spiro atoms. The lowest BCUT2D eigenvalue weighted by atomic mass is 9.85. The van der Waals surface area contributed by atoms with Crippen LogP contribution in [0.2, 0.25) is 10.0 Å². The lowest BCUT2D eigenvalue weighted by molar-refractivity contribution is 0.112. The molecule has 0 saturated carbocycles. The summed E-state index contributed by atoms with van der Waals surface area (Å²) in [6.07, 6.45) is 4.27. The summed E-state index contributed by atoms with van der Waals surface area (Å²) in [5, 5.41) is 16.4. The molecular weight excluding hydrogens is 429 g/mol. The molecule has 1 atom stereocenters. The summed E-state index contributed by atoms with van der Waals surface area (Å²) in [4.78, 5) is 29.8. The van der Waals surface area contributed by atoms with Gasteiger partial charge in [0.2, 0.25) is 0 Å². The molecule has 2 heterocycles. The van der Waals surface area contributed by atoms with Crippen LogP contribution in [0.15, 0.2) is 70.6 Å². The third-order valence-corrected chi connectivity index (χ3v) is 5.27. The molecule has 0 bridgehead atoms. The first-order chi connectivity index (χ1) is 14.3. The zero-order valence-corrected chi connectivity index (χ0v) is 17.1. The second-order valence-electron chi connectivity index (χ2n) is 6.59. The van der Waals surface area contributed by atoms with Crippen LogP contribution in [0, 0.1) is 0 Å². The molecule has 2 N–H and O–H groups in total.